The molecule has 4 aromatic carbocycles. The van der Waals surface area contributed by atoms with Crippen LogP contribution in [-0.2, 0) is 22.7 Å². The molecule has 0 spiro atoms. The molecular weight excluding hydrogens is 1060 g/mol. The largest absolute Gasteiger partial charge is 0.497 e. The fourth-order valence-corrected chi connectivity index (χ4v) is 12.1. The number of carbonyl (C=O) groups excluding carboxylic acids is 4. The van der Waals surface area contributed by atoms with Crippen molar-refractivity contribution in [1.29, 1.82) is 0 Å². The quantitative estimate of drug-likeness (QED) is 0.0769. The van der Waals surface area contributed by atoms with Gasteiger partial charge in [0.15, 0.2) is 0 Å². The number of hydrogen-bond donors (Lipinski definition) is 1. The second-order valence-electron chi connectivity index (χ2n) is 22.4. The number of anilines is 2. The molecule has 2 N–H and O–H groups in total. The highest BCUT2D eigenvalue weighted by Crippen LogP contribution is 2.47. The Kier molecular flexibility index (Phi) is 17.9. The molecule has 18 heteroatoms. The van der Waals surface area contributed by atoms with Gasteiger partial charge in [-0.25, -0.2) is 14.2 Å². The Morgan fingerprint density at radius 1 is 0.817 bits per heavy atom. The SMILES string of the molecule is COc1ccc(C2=N[C@@H](c3ccc(C)cc3)[C@@H](c3ccc(Cl)cc3)N2C(=O)N2CCN(CCCCCCCCC(=O)CCCn3cc4c(n3)CN(C)C(=O)c3ccc(F)cc3[C@H]3CCCN3c3cc-4cnc3N)C(=O)C2)c(OC(C)C)c1. The number of aliphatic imine (C=N–C) groups is 1. The molecule has 6 heterocycles. The Labute approximate surface area is 485 Å². The third kappa shape index (κ3) is 12.8. The van der Waals surface area contributed by atoms with E-state index >= 15 is 4.79 Å². The van der Waals surface area contributed by atoms with Crippen molar-refractivity contribution >= 4 is 52.6 Å². The molecule has 0 saturated carbocycles. The molecule has 2 bridgehead atoms. The number of aromatic nitrogens is 3. The number of rotatable bonds is 19. The predicted octanol–water partition coefficient (Wildman–Crippen LogP) is 11.9. The van der Waals surface area contributed by atoms with Gasteiger partial charge in [0, 0.05) is 92.8 Å². The molecule has 16 nitrogen and oxygen atoms in total. The lowest BCUT2D eigenvalue weighted by atomic mass is 9.93. The summed E-state index contributed by atoms with van der Waals surface area (Å²) in [5.74, 6) is 1.50. The van der Waals surface area contributed by atoms with E-state index in [2.05, 4.69) is 34.1 Å². The van der Waals surface area contributed by atoms with Gasteiger partial charge >= 0.3 is 6.03 Å². The van der Waals surface area contributed by atoms with Gasteiger partial charge < -0.3 is 34.8 Å². The minimum Gasteiger partial charge on any atom is -0.497 e. The molecule has 430 valence electrons. The van der Waals surface area contributed by atoms with Crippen LogP contribution in [0.2, 0.25) is 5.02 Å². The highest BCUT2D eigenvalue weighted by atomic mass is 35.5. The second kappa shape index (κ2) is 25.6. The molecule has 3 atom stereocenters. The molecule has 2 saturated heterocycles. The number of carbonyl (C=O) groups is 4. The van der Waals surface area contributed by atoms with E-state index in [0.717, 1.165) is 84.9 Å². The number of Topliss-reactive ketones (excluding diaryl/α,β-unsaturated/α-hetero) is 1. The summed E-state index contributed by atoms with van der Waals surface area (Å²) >= 11 is 6.42. The second-order valence-corrected chi connectivity index (χ2v) is 22.9. The molecule has 4 aliphatic rings. The van der Waals surface area contributed by atoms with Crippen molar-refractivity contribution in [2.75, 3.05) is 57.5 Å². The van der Waals surface area contributed by atoms with Crippen LogP contribution in [0.4, 0.5) is 20.7 Å². The number of halogens is 2. The Morgan fingerprint density at radius 3 is 2.30 bits per heavy atom. The summed E-state index contributed by atoms with van der Waals surface area (Å²) in [6.07, 6.45) is 12.3. The number of unbranched alkanes of at least 4 members (excludes halogenated alkanes) is 5. The number of ketones is 1. The van der Waals surface area contributed by atoms with Crippen LogP contribution in [0.25, 0.3) is 11.1 Å². The third-order valence-corrected chi connectivity index (χ3v) is 16.5. The minimum atomic E-state index is -0.552. The first kappa shape index (κ1) is 57.4. The molecule has 2 aromatic heterocycles. The number of nitrogens with zero attached hydrogens (tertiary/aromatic N) is 9. The lowest BCUT2D eigenvalue weighted by Gasteiger charge is -2.38. The number of pyridine rings is 1. The van der Waals surface area contributed by atoms with E-state index in [4.69, 9.17) is 36.9 Å². The summed E-state index contributed by atoms with van der Waals surface area (Å²) in [5, 5.41) is 5.50. The van der Waals surface area contributed by atoms with Crippen molar-refractivity contribution in [3.8, 4) is 22.6 Å². The van der Waals surface area contributed by atoms with Gasteiger partial charge in [-0.15, -0.1) is 0 Å². The van der Waals surface area contributed by atoms with E-state index in [1.54, 1.807) is 41.1 Å². The van der Waals surface area contributed by atoms with Gasteiger partial charge in [-0.1, -0.05) is 79.2 Å². The number of fused-ring (bicyclic) bond motifs is 8. The number of ether oxygens (including phenoxy) is 2. The topological polar surface area (TPSA) is 172 Å². The Morgan fingerprint density at radius 2 is 1.55 bits per heavy atom. The summed E-state index contributed by atoms with van der Waals surface area (Å²) in [5.41, 5.74) is 14.2. The number of aryl methyl sites for hydroxylation is 2. The van der Waals surface area contributed by atoms with E-state index in [1.165, 1.54) is 12.1 Å². The van der Waals surface area contributed by atoms with E-state index in [-0.39, 0.29) is 48.9 Å². The first-order valence-electron chi connectivity index (χ1n) is 28.9. The molecule has 6 aromatic rings. The molecule has 82 heavy (non-hydrogen) atoms. The van der Waals surface area contributed by atoms with Gasteiger partial charge in [0.2, 0.25) is 5.91 Å². The maximum atomic E-state index is 15.2. The van der Waals surface area contributed by atoms with Gasteiger partial charge in [0.1, 0.15) is 47.3 Å². The third-order valence-electron chi connectivity index (χ3n) is 16.2. The van der Waals surface area contributed by atoms with Gasteiger partial charge in [0.05, 0.1) is 48.8 Å². The number of nitrogen functional groups attached to an aromatic ring is 1. The van der Waals surface area contributed by atoms with E-state index in [9.17, 15) is 18.8 Å². The molecule has 2 fully saturated rings. The maximum absolute atomic E-state index is 15.2. The smallest absolute Gasteiger partial charge is 0.326 e. The first-order valence-corrected chi connectivity index (χ1v) is 29.3. The van der Waals surface area contributed by atoms with Crippen molar-refractivity contribution in [3.05, 3.63) is 153 Å². The minimum absolute atomic E-state index is 0.0526. The van der Waals surface area contributed by atoms with Crippen LogP contribution in [0.3, 0.4) is 0 Å². The summed E-state index contributed by atoms with van der Waals surface area (Å²) in [6.45, 7) is 8.74. The zero-order valence-corrected chi connectivity index (χ0v) is 48.4. The Hall–Kier alpha value is -7.79. The van der Waals surface area contributed by atoms with Crippen LogP contribution in [0.5, 0.6) is 11.5 Å². The van der Waals surface area contributed by atoms with Gasteiger partial charge in [-0.05, 0) is 118 Å². The number of methoxy groups -OCH3 is 1. The molecule has 0 aliphatic carbocycles. The summed E-state index contributed by atoms with van der Waals surface area (Å²) in [6, 6.07) is 26.1. The van der Waals surface area contributed by atoms with Crippen LogP contribution in [0.1, 0.15) is 146 Å². The number of amides is 4. The van der Waals surface area contributed by atoms with E-state index < -0.39 is 17.9 Å². The van der Waals surface area contributed by atoms with Crippen molar-refractivity contribution in [2.24, 2.45) is 4.99 Å². The van der Waals surface area contributed by atoms with E-state index in [0.29, 0.717) is 103 Å². The van der Waals surface area contributed by atoms with Crippen LogP contribution >= 0.6 is 11.6 Å². The van der Waals surface area contributed by atoms with Crippen molar-refractivity contribution in [1.82, 2.24) is 34.4 Å². The fraction of sp³-hybridized carbons (Fsp3) is 0.422. The number of piperazine rings is 1. The molecular formula is C64H74ClFN10O6. The normalized spacial score (nSPS) is 18.0. The number of nitrogens with two attached hydrogens (primary N) is 1. The summed E-state index contributed by atoms with van der Waals surface area (Å²) in [4.78, 5) is 75.1. The Bertz CT molecular complexity index is 3330. The molecule has 4 amide bonds. The van der Waals surface area contributed by atoms with E-state index in [1.807, 2.05) is 85.1 Å². The van der Waals surface area contributed by atoms with Crippen LogP contribution in [-0.4, -0.2) is 117 Å². The summed E-state index contributed by atoms with van der Waals surface area (Å²) in [7, 11) is 3.34. The fourth-order valence-electron chi connectivity index (χ4n) is 11.9. The lowest BCUT2D eigenvalue weighted by Crippen LogP contribution is -2.56. The lowest BCUT2D eigenvalue weighted by molar-refractivity contribution is -0.135. The number of hydrogen-bond acceptors (Lipinski definition) is 11. The highest BCUT2D eigenvalue weighted by molar-refractivity contribution is 6.30. The van der Waals surface area contributed by atoms with Crippen LogP contribution in [0.15, 0.2) is 108 Å². The highest BCUT2D eigenvalue weighted by Gasteiger charge is 2.46. The van der Waals surface area contributed by atoms with Crippen LogP contribution in [0, 0.1) is 12.7 Å². The average Bonchev–Trinajstić information content (AvgIpc) is 4.33. The molecule has 4 aliphatic heterocycles. The van der Waals surface area contributed by atoms with Crippen molar-refractivity contribution in [2.45, 2.75) is 129 Å². The zero-order chi connectivity index (χ0) is 57.6. The van der Waals surface area contributed by atoms with Gasteiger partial charge in [-0.2, -0.15) is 5.10 Å². The first-order chi connectivity index (χ1) is 39.6. The van der Waals surface area contributed by atoms with Gasteiger partial charge in [0.25, 0.3) is 5.91 Å². The average molecular weight is 1130 g/mol. The maximum Gasteiger partial charge on any atom is 0.326 e. The molecule has 0 radical (unpaired) electrons. The molecule has 0 unspecified atom stereocenters. The number of benzene rings is 4. The monoisotopic (exact) mass is 1130 g/mol. The van der Waals surface area contributed by atoms with Gasteiger partial charge in [-0.3, -0.25) is 29.0 Å². The number of urea groups is 1. The number of amidine groups is 1. The summed E-state index contributed by atoms with van der Waals surface area (Å²) < 4.78 is 28.5. The predicted molar refractivity (Wildman–Crippen MR) is 317 cm³/mol. The Balaban J connectivity index is 0.699. The van der Waals surface area contributed by atoms with Crippen LogP contribution < -0.4 is 20.1 Å². The van der Waals surface area contributed by atoms with Crippen molar-refractivity contribution in [3.63, 3.8) is 0 Å². The standard InChI is InChI=1S/C64H74ClFN10O6/c1-41(2)82-57-36-49(81-5)26-28-51(57)62-69-59(43-19-17-42(3)18-20-43)60(44-21-23-46(65)24-22-44)76(62)64(80)73-33-32-72(58(78)40-73)29-11-9-7-6-8-10-14-48(77)15-12-30-74-38-53-45-34-56(61(67)68-37-45)75-31-13-16-55(75)52-35-47(66)25-27-50(52)63(79)71(4)39-54(53)70-74/h17-28,34-38,41,55,59-60H,6-16,29-33,39-40H2,1-5H3,(H2,67,68)/t55-,59+,60-/m1/s1. The van der Waals surface area contributed by atoms with Crippen molar-refractivity contribution < 1.29 is 33.0 Å². The molecule has 10 rings (SSSR count). The zero-order valence-electron chi connectivity index (χ0n) is 47.7.